The third kappa shape index (κ3) is 4.69. The molecule has 0 bridgehead atoms. The second-order valence-corrected chi connectivity index (χ2v) is 8.43. The van der Waals surface area contributed by atoms with Crippen molar-refractivity contribution in [3.8, 4) is 0 Å². The van der Waals surface area contributed by atoms with Crippen LogP contribution in [-0.4, -0.2) is 53.4 Å². The fourth-order valence-electron chi connectivity index (χ4n) is 3.63. The first-order valence-electron chi connectivity index (χ1n) is 9.70. The van der Waals surface area contributed by atoms with Crippen LogP contribution in [0.5, 0.6) is 0 Å². The van der Waals surface area contributed by atoms with Crippen LogP contribution in [0.3, 0.4) is 0 Å². The van der Waals surface area contributed by atoms with E-state index in [1.54, 1.807) is 20.8 Å². The predicted molar refractivity (Wildman–Crippen MR) is 97.3 cm³/mol. The molecule has 2 fully saturated rings. The van der Waals surface area contributed by atoms with Gasteiger partial charge >= 0.3 is 6.09 Å². The van der Waals surface area contributed by atoms with Crippen LogP contribution in [0.1, 0.15) is 45.2 Å². The van der Waals surface area contributed by atoms with Crippen molar-refractivity contribution in [2.24, 2.45) is 5.92 Å². The molecule has 30 heavy (non-hydrogen) atoms. The van der Waals surface area contributed by atoms with Gasteiger partial charge in [0.1, 0.15) is 17.6 Å². The van der Waals surface area contributed by atoms with Crippen molar-refractivity contribution < 1.29 is 36.7 Å². The Kier molecular flexibility index (Phi) is 6.26. The first kappa shape index (κ1) is 22.3. The number of amides is 2. The van der Waals surface area contributed by atoms with Crippen molar-refractivity contribution in [2.45, 2.75) is 51.4 Å². The summed E-state index contributed by atoms with van der Waals surface area (Å²) in [5, 5.41) is 0.803. The van der Waals surface area contributed by atoms with Crippen LogP contribution in [0.25, 0.3) is 0 Å². The van der Waals surface area contributed by atoms with Crippen molar-refractivity contribution in [1.82, 2.24) is 9.96 Å². The highest BCUT2D eigenvalue weighted by Gasteiger charge is 2.43. The Morgan fingerprint density at radius 2 is 1.87 bits per heavy atom. The van der Waals surface area contributed by atoms with Gasteiger partial charge in [-0.2, -0.15) is 0 Å². The lowest BCUT2D eigenvalue weighted by molar-refractivity contribution is -0.185. The first-order chi connectivity index (χ1) is 14.0. The maximum atomic E-state index is 14.8. The highest BCUT2D eigenvalue weighted by atomic mass is 19.2. The quantitative estimate of drug-likeness (QED) is 0.525. The molecule has 3 atom stereocenters. The molecule has 166 valence electrons. The van der Waals surface area contributed by atoms with Crippen molar-refractivity contribution in [3.63, 3.8) is 0 Å². The number of carbonyl (C=O) groups is 2. The molecule has 10 heteroatoms. The number of carbonyl (C=O) groups excluding carboxylic acids is 2. The monoisotopic (exact) mass is 432 g/mol. The molecule has 0 aliphatic carbocycles. The van der Waals surface area contributed by atoms with Gasteiger partial charge in [0.2, 0.25) is 0 Å². The van der Waals surface area contributed by atoms with E-state index in [9.17, 15) is 27.2 Å². The highest BCUT2D eigenvalue weighted by molar-refractivity contribution is 5.80. The van der Waals surface area contributed by atoms with Crippen molar-refractivity contribution >= 4 is 12.0 Å². The summed E-state index contributed by atoms with van der Waals surface area (Å²) in [6.45, 7) is 4.83. The Morgan fingerprint density at radius 3 is 2.50 bits per heavy atom. The standard InChI is InChI=1S/C20H24F4N2O4/c1-20(2,3)30-19(28)25-6-4-12(15(23)10-25)18(27)26-16(5-7-29-26)13-8-11(21)9-14(22)17(13)24/h8-9,12,15-16H,4-7,10H2,1-3H3. The zero-order valence-corrected chi connectivity index (χ0v) is 17.0. The molecule has 0 saturated carbocycles. The zero-order chi connectivity index (χ0) is 22.2. The SMILES string of the molecule is CC(C)(C)OC(=O)N1CCC(C(=O)N2OCCC2c2cc(F)cc(F)c2F)C(F)C1. The van der Waals surface area contributed by atoms with Gasteiger partial charge < -0.3 is 9.64 Å². The molecule has 0 spiro atoms. The van der Waals surface area contributed by atoms with Crippen LogP contribution in [0.2, 0.25) is 0 Å². The molecule has 1 aromatic rings. The number of hydrogen-bond donors (Lipinski definition) is 0. The van der Waals surface area contributed by atoms with E-state index in [1.165, 1.54) is 4.90 Å². The minimum Gasteiger partial charge on any atom is -0.444 e. The minimum atomic E-state index is -1.70. The Hall–Kier alpha value is -2.36. The van der Waals surface area contributed by atoms with E-state index in [1.807, 2.05) is 0 Å². The summed E-state index contributed by atoms with van der Waals surface area (Å²) < 4.78 is 61.4. The minimum absolute atomic E-state index is 0.00577. The maximum Gasteiger partial charge on any atom is 0.410 e. The summed E-state index contributed by atoms with van der Waals surface area (Å²) in [7, 11) is 0. The maximum absolute atomic E-state index is 14.8. The lowest BCUT2D eigenvalue weighted by Gasteiger charge is -2.36. The van der Waals surface area contributed by atoms with E-state index in [-0.39, 0.29) is 38.1 Å². The molecule has 1 aromatic carbocycles. The number of nitrogens with zero attached hydrogens (tertiary/aromatic N) is 2. The van der Waals surface area contributed by atoms with Gasteiger partial charge in [-0.1, -0.05) is 0 Å². The summed E-state index contributed by atoms with van der Waals surface area (Å²) in [6, 6.07) is 0.139. The van der Waals surface area contributed by atoms with E-state index in [2.05, 4.69) is 0 Å². The Labute approximate surface area is 171 Å². The molecule has 2 saturated heterocycles. The summed E-state index contributed by atoms with van der Waals surface area (Å²) in [5.74, 6) is -5.53. The lowest BCUT2D eigenvalue weighted by Crippen LogP contribution is -2.51. The zero-order valence-electron chi connectivity index (χ0n) is 17.0. The van der Waals surface area contributed by atoms with Crippen LogP contribution < -0.4 is 0 Å². The molecule has 6 nitrogen and oxygen atoms in total. The Morgan fingerprint density at radius 1 is 1.17 bits per heavy atom. The molecule has 0 N–H and O–H groups in total. The topological polar surface area (TPSA) is 59.1 Å². The van der Waals surface area contributed by atoms with Gasteiger partial charge in [-0.05, 0) is 33.3 Å². The van der Waals surface area contributed by atoms with Crippen LogP contribution in [-0.2, 0) is 14.4 Å². The normalized spacial score (nSPS) is 24.8. The second-order valence-electron chi connectivity index (χ2n) is 8.43. The Bertz CT molecular complexity index is 830. The summed E-state index contributed by atoms with van der Waals surface area (Å²) >= 11 is 0. The smallest absolute Gasteiger partial charge is 0.410 e. The summed E-state index contributed by atoms with van der Waals surface area (Å²) in [5.41, 5.74) is -1.10. The lowest BCUT2D eigenvalue weighted by atomic mass is 9.93. The van der Waals surface area contributed by atoms with E-state index in [4.69, 9.17) is 9.57 Å². The first-order valence-corrected chi connectivity index (χ1v) is 9.70. The van der Waals surface area contributed by atoms with Gasteiger partial charge in [0.25, 0.3) is 5.91 Å². The number of alkyl halides is 1. The van der Waals surface area contributed by atoms with E-state index in [0.29, 0.717) is 6.07 Å². The van der Waals surface area contributed by atoms with Crippen molar-refractivity contribution in [3.05, 3.63) is 35.1 Å². The number of likely N-dealkylation sites (tertiary alicyclic amines) is 1. The number of benzene rings is 1. The van der Waals surface area contributed by atoms with Crippen molar-refractivity contribution in [2.75, 3.05) is 19.7 Å². The van der Waals surface area contributed by atoms with E-state index < -0.39 is 53.2 Å². The summed E-state index contributed by atoms with van der Waals surface area (Å²) in [4.78, 5) is 31.5. The van der Waals surface area contributed by atoms with Gasteiger partial charge in [0, 0.05) is 24.6 Å². The molecular weight excluding hydrogens is 408 g/mol. The van der Waals surface area contributed by atoms with Gasteiger partial charge in [-0.3, -0.25) is 9.63 Å². The second kappa shape index (κ2) is 8.41. The largest absolute Gasteiger partial charge is 0.444 e. The fourth-order valence-corrected chi connectivity index (χ4v) is 3.63. The molecule has 3 rings (SSSR count). The van der Waals surface area contributed by atoms with Crippen LogP contribution in [0.15, 0.2) is 12.1 Å². The fraction of sp³-hybridized carbons (Fsp3) is 0.600. The predicted octanol–water partition coefficient (Wildman–Crippen LogP) is 3.90. The molecule has 3 unspecified atom stereocenters. The third-order valence-electron chi connectivity index (χ3n) is 5.01. The van der Waals surface area contributed by atoms with Gasteiger partial charge in [-0.25, -0.2) is 27.4 Å². The van der Waals surface area contributed by atoms with Crippen LogP contribution >= 0.6 is 0 Å². The van der Waals surface area contributed by atoms with Crippen LogP contribution in [0.4, 0.5) is 22.4 Å². The number of hydrogen-bond acceptors (Lipinski definition) is 4. The molecule has 0 radical (unpaired) electrons. The molecule has 2 aliphatic rings. The average molecular weight is 432 g/mol. The number of piperidine rings is 1. The molecule has 2 heterocycles. The number of hydroxylamine groups is 2. The van der Waals surface area contributed by atoms with E-state index in [0.717, 1.165) is 11.1 Å². The molecule has 0 aromatic heterocycles. The molecular formula is C20H24F4N2O4. The number of halogens is 4. The van der Waals surface area contributed by atoms with Gasteiger partial charge in [0.15, 0.2) is 11.6 Å². The number of ether oxygens (including phenoxy) is 1. The summed E-state index contributed by atoms with van der Waals surface area (Å²) in [6.07, 6.45) is -2.26. The van der Waals surface area contributed by atoms with Gasteiger partial charge in [-0.15, -0.1) is 0 Å². The molecule has 2 aliphatic heterocycles. The highest BCUT2D eigenvalue weighted by Crippen LogP contribution is 2.36. The van der Waals surface area contributed by atoms with Crippen LogP contribution in [0, 0.1) is 23.4 Å². The van der Waals surface area contributed by atoms with Gasteiger partial charge in [0.05, 0.1) is 25.1 Å². The van der Waals surface area contributed by atoms with E-state index >= 15 is 0 Å². The Balaban J connectivity index is 1.72. The number of rotatable bonds is 2. The third-order valence-corrected chi connectivity index (χ3v) is 5.01. The average Bonchev–Trinajstić information content (AvgIpc) is 3.12. The van der Waals surface area contributed by atoms with Crippen molar-refractivity contribution in [1.29, 1.82) is 0 Å². The molecule has 2 amide bonds.